The number of benzene rings is 2. The molecule has 5 nitrogen and oxygen atoms in total. The maximum atomic E-state index is 13.0. The fourth-order valence-electron chi connectivity index (χ4n) is 4.44. The van der Waals surface area contributed by atoms with Crippen molar-refractivity contribution in [2.45, 2.75) is 38.0 Å². The van der Waals surface area contributed by atoms with Crippen LogP contribution in [0.15, 0.2) is 48.5 Å². The molecule has 2 aliphatic heterocycles. The highest BCUT2D eigenvalue weighted by Gasteiger charge is 2.27. The van der Waals surface area contributed by atoms with Gasteiger partial charge in [0.25, 0.3) is 5.91 Å². The molecule has 2 fully saturated rings. The Bertz CT molecular complexity index is 1030. The first-order chi connectivity index (χ1) is 14.7. The molecule has 1 aromatic heterocycles. The molecule has 3 aromatic rings. The highest BCUT2D eigenvalue weighted by molar-refractivity contribution is 7.18. The van der Waals surface area contributed by atoms with E-state index >= 15 is 0 Å². The first-order valence-corrected chi connectivity index (χ1v) is 11.6. The molecular formula is C24H25N3O2S. The maximum absolute atomic E-state index is 13.0. The summed E-state index contributed by atoms with van der Waals surface area (Å²) < 4.78 is 1.23. The Balaban J connectivity index is 1.22. The van der Waals surface area contributed by atoms with Crippen LogP contribution in [0.25, 0.3) is 10.2 Å². The molecule has 2 aromatic carbocycles. The average Bonchev–Trinajstić information content (AvgIpc) is 3.24. The predicted octanol–water partition coefficient (Wildman–Crippen LogP) is 4.83. The van der Waals surface area contributed by atoms with Crippen LogP contribution < -0.4 is 4.90 Å². The van der Waals surface area contributed by atoms with Gasteiger partial charge in [0.1, 0.15) is 0 Å². The lowest BCUT2D eigenvalue weighted by Gasteiger charge is -2.31. The fourth-order valence-corrected chi connectivity index (χ4v) is 5.58. The van der Waals surface area contributed by atoms with Crippen LogP contribution in [0.2, 0.25) is 0 Å². The topological polar surface area (TPSA) is 53.5 Å². The van der Waals surface area contributed by atoms with Crippen LogP contribution in [0.1, 0.15) is 53.4 Å². The maximum Gasteiger partial charge on any atom is 0.253 e. The van der Waals surface area contributed by atoms with Crippen molar-refractivity contribution in [3.05, 3.63) is 59.1 Å². The lowest BCUT2D eigenvalue weighted by Crippen LogP contribution is -2.38. The van der Waals surface area contributed by atoms with Crippen LogP contribution in [0.5, 0.6) is 0 Å². The molecule has 0 radical (unpaired) electrons. The van der Waals surface area contributed by atoms with E-state index in [1.54, 1.807) is 11.3 Å². The molecule has 0 unspecified atom stereocenters. The van der Waals surface area contributed by atoms with Crippen molar-refractivity contribution in [1.29, 1.82) is 0 Å². The van der Waals surface area contributed by atoms with Gasteiger partial charge in [0.2, 0.25) is 5.91 Å². The van der Waals surface area contributed by atoms with Gasteiger partial charge in [0.15, 0.2) is 0 Å². The average molecular weight is 420 g/mol. The fraction of sp³-hybridized carbons (Fsp3) is 0.375. The van der Waals surface area contributed by atoms with Gasteiger partial charge in [0.05, 0.1) is 15.2 Å². The largest absolute Gasteiger partial charge is 0.339 e. The van der Waals surface area contributed by atoms with E-state index in [1.807, 2.05) is 40.1 Å². The van der Waals surface area contributed by atoms with Crippen LogP contribution >= 0.6 is 11.3 Å². The van der Waals surface area contributed by atoms with Crippen molar-refractivity contribution in [3.63, 3.8) is 0 Å². The third-order valence-corrected chi connectivity index (χ3v) is 7.39. The number of fused-ring (bicyclic) bond motifs is 1. The third kappa shape index (κ3) is 3.72. The molecule has 2 aliphatic rings. The second kappa shape index (κ2) is 8.19. The number of para-hydroxylation sites is 1. The number of thiazole rings is 1. The summed E-state index contributed by atoms with van der Waals surface area (Å²) in [6.07, 6.45) is 4.52. The number of aromatic nitrogens is 1. The number of carbonyl (C=O) groups excluding carboxylic acids is 2. The number of anilines is 1. The van der Waals surface area contributed by atoms with E-state index in [2.05, 4.69) is 18.2 Å². The third-order valence-electron chi connectivity index (χ3n) is 6.19. The molecule has 0 atom stereocenters. The minimum Gasteiger partial charge on any atom is -0.339 e. The zero-order valence-electron chi connectivity index (χ0n) is 16.9. The van der Waals surface area contributed by atoms with Gasteiger partial charge in [-0.15, -0.1) is 11.3 Å². The Kier molecular flexibility index (Phi) is 5.25. The summed E-state index contributed by atoms with van der Waals surface area (Å²) in [4.78, 5) is 33.7. The number of nitrogens with zero attached hydrogens (tertiary/aromatic N) is 3. The molecule has 30 heavy (non-hydrogen) atoms. The Labute approximate surface area is 180 Å². The van der Waals surface area contributed by atoms with Crippen molar-refractivity contribution in [1.82, 2.24) is 9.88 Å². The molecule has 5 rings (SSSR count). The van der Waals surface area contributed by atoms with Crippen LogP contribution in [-0.2, 0) is 4.79 Å². The van der Waals surface area contributed by atoms with E-state index in [1.165, 1.54) is 9.71 Å². The molecule has 3 heterocycles. The Morgan fingerprint density at radius 3 is 2.47 bits per heavy atom. The predicted molar refractivity (Wildman–Crippen MR) is 120 cm³/mol. The van der Waals surface area contributed by atoms with Gasteiger partial charge in [-0.1, -0.05) is 12.1 Å². The highest BCUT2D eigenvalue weighted by atomic mass is 32.1. The number of rotatable bonds is 3. The Morgan fingerprint density at radius 2 is 1.73 bits per heavy atom. The molecular weight excluding hydrogens is 394 g/mol. The van der Waals surface area contributed by atoms with Crippen molar-refractivity contribution < 1.29 is 9.59 Å². The summed E-state index contributed by atoms with van der Waals surface area (Å²) in [5.74, 6) is 0.686. The number of piperidine rings is 2. The number of carbonyl (C=O) groups is 2. The Morgan fingerprint density at radius 1 is 0.967 bits per heavy atom. The van der Waals surface area contributed by atoms with Gasteiger partial charge in [-0.05, 0) is 62.1 Å². The first-order valence-electron chi connectivity index (χ1n) is 10.7. The van der Waals surface area contributed by atoms with Gasteiger partial charge in [-0.3, -0.25) is 9.59 Å². The van der Waals surface area contributed by atoms with Crippen LogP contribution in [-0.4, -0.2) is 41.3 Å². The number of amides is 2. The Hall–Kier alpha value is -2.73. The van der Waals surface area contributed by atoms with Gasteiger partial charge in [-0.2, -0.15) is 0 Å². The molecule has 0 bridgehead atoms. The van der Waals surface area contributed by atoms with Gasteiger partial charge >= 0.3 is 0 Å². The van der Waals surface area contributed by atoms with Crippen LogP contribution in [0.3, 0.4) is 0 Å². The monoisotopic (exact) mass is 419 g/mol. The quantitative estimate of drug-likeness (QED) is 0.611. The van der Waals surface area contributed by atoms with E-state index in [-0.39, 0.29) is 11.8 Å². The summed E-state index contributed by atoms with van der Waals surface area (Å²) >= 11 is 1.78. The summed E-state index contributed by atoms with van der Waals surface area (Å²) in [5, 5.41) is 1.19. The minimum absolute atomic E-state index is 0.0780. The first kappa shape index (κ1) is 19.2. The smallest absolute Gasteiger partial charge is 0.253 e. The standard InChI is InChI=1S/C24H25N3O2S/c28-22-7-3-4-14-27(22)19-10-8-18(9-11-19)24(29)26-15-12-17(13-16-26)23-25-20-5-1-2-6-21(20)30-23/h1-2,5-6,8-11,17H,3-4,7,12-16H2. The summed E-state index contributed by atoms with van der Waals surface area (Å²) in [6.45, 7) is 2.28. The van der Waals surface area contributed by atoms with E-state index in [4.69, 9.17) is 4.98 Å². The molecule has 6 heteroatoms. The second-order valence-electron chi connectivity index (χ2n) is 8.14. The SMILES string of the molecule is O=C(c1ccc(N2CCCCC2=O)cc1)N1CCC(c2nc3ccccc3s2)CC1. The number of hydrogen-bond donors (Lipinski definition) is 0. The highest BCUT2D eigenvalue weighted by Crippen LogP contribution is 2.34. The van der Waals surface area contributed by atoms with Crippen molar-refractivity contribution in [3.8, 4) is 0 Å². The van der Waals surface area contributed by atoms with E-state index in [0.29, 0.717) is 17.9 Å². The second-order valence-corrected chi connectivity index (χ2v) is 9.20. The van der Waals surface area contributed by atoms with Crippen molar-refractivity contribution >= 4 is 39.1 Å². The molecule has 2 saturated heterocycles. The van der Waals surface area contributed by atoms with Crippen LogP contribution in [0.4, 0.5) is 5.69 Å². The zero-order valence-corrected chi connectivity index (χ0v) is 17.7. The van der Waals surface area contributed by atoms with E-state index in [0.717, 1.165) is 56.5 Å². The lowest BCUT2D eigenvalue weighted by atomic mass is 9.97. The van der Waals surface area contributed by atoms with Crippen molar-refractivity contribution in [2.24, 2.45) is 0 Å². The minimum atomic E-state index is 0.0780. The van der Waals surface area contributed by atoms with Crippen LogP contribution in [0, 0.1) is 0 Å². The number of hydrogen-bond acceptors (Lipinski definition) is 4. The number of likely N-dealkylation sites (tertiary alicyclic amines) is 1. The summed E-state index contributed by atoms with van der Waals surface area (Å²) in [7, 11) is 0. The molecule has 154 valence electrons. The zero-order chi connectivity index (χ0) is 20.5. The van der Waals surface area contributed by atoms with Gasteiger partial charge in [0, 0.05) is 43.2 Å². The van der Waals surface area contributed by atoms with Gasteiger partial charge < -0.3 is 9.80 Å². The summed E-state index contributed by atoms with van der Waals surface area (Å²) in [5.41, 5.74) is 2.66. The van der Waals surface area contributed by atoms with Gasteiger partial charge in [-0.25, -0.2) is 4.98 Å². The molecule has 0 saturated carbocycles. The molecule has 0 aliphatic carbocycles. The van der Waals surface area contributed by atoms with E-state index < -0.39 is 0 Å². The summed E-state index contributed by atoms with van der Waals surface area (Å²) in [6, 6.07) is 15.8. The van der Waals surface area contributed by atoms with Crippen molar-refractivity contribution in [2.75, 3.05) is 24.5 Å². The lowest BCUT2D eigenvalue weighted by molar-refractivity contribution is -0.119. The van der Waals surface area contributed by atoms with E-state index in [9.17, 15) is 9.59 Å². The normalized spacial score (nSPS) is 18.2. The molecule has 2 amide bonds. The molecule has 0 N–H and O–H groups in total. The molecule has 0 spiro atoms.